The monoisotopic (exact) mass is 247 g/mol. The van der Waals surface area contributed by atoms with Crippen LogP contribution in [0.15, 0.2) is 11.1 Å². The van der Waals surface area contributed by atoms with Gasteiger partial charge in [0.05, 0.1) is 10.4 Å². The Morgan fingerprint density at radius 1 is 1.58 bits per heavy atom. The van der Waals surface area contributed by atoms with Gasteiger partial charge in [0, 0.05) is 0 Å². The molecule has 1 aliphatic heterocycles. The predicted molar refractivity (Wildman–Crippen MR) is 51.0 cm³/mol. The number of halogens is 4. The first kappa shape index (κ1) is 10.6. The van der Waals surface area contributed by atoms with Crippen LogP contribution in [0.4, 0.5) is 0 Å². The van der Waals surface area contributed by atoms with Crippen molar-refractivity contribution < 1.29 is 4.79 Å². The number of alkyl halides is 3. The number of hydrogen-bond donors (Lipinski definition) is 1. The Morgan fingerprint density at radius 2 is 2.17 bits per heavy atom. The minimum Gasteiger partial charge on any atom is -0.299 e. The molecule has 3 atom stereocenters. The second-order valence-electron chi connectivity index (χ2n) is 2.33. The summed E-state index contributed by atoms with van der Waals surface area (Å²) in [5.74, 6) is 0. The predicted octanol–water partition coefficient (Wildman–Crippen LogP) is 2.02. The molecular weight excluding hydrogens is 244 g/mol. The molecule has 0 amide bonds. The number of carbonyl (C=O) groups is 1. The average molecular weight is 249 g/mol. The summed E-state index contributed by atoms with van der Waals surface area (Å²) >= 11 is 22.8. The molecule has 0 aliphatic carbocycles. The van der Waals surface area contributed by atoms with Crippen LogP contribution >= 0.6 is 46.4 Å². The molecule has 0 fully saturated rings. The highest BCUT2D eigenvalue weighted by Crippen LogP contribution is 2.31. The standard InChI is InChI=1S/C6H5Cl4NO/c7-3-1-4(8)6(10,2-12)11-5(3)9/h1-3,5,11H. The number of hydrogen-bond acceptors (Lipinski definition) is 2. The van der Waals surface area contributed by atoms with Crippen LogP contribution in [0.1, 0.15) is 0 Å². The van der Waals surface area contributed by atoms with Gasteiger partial charge in [-0.15, -0.1) is 23.2 Å². The number of nitrogens with one attached hydrogen (secondary N) is 1. The highest BCUT2D eigenvalue weighted by molar-refractivity contribution is 6.45. The molecule has 1 rings (SSSR count). The van der Waals surface area contributed by atoms with Crippen LogP contribution in [0.5, 0.6) is 0 Å². The Balaban J connectivity index is 2.95. The molecule has 3 unspecified atom stereocenters. The second kappa shape index (κ2) is 3.72. The summed E-state index contributed by atoms with van der Waals surface area (Å²) in [5.41, 5.74) is -0.600. The van der Waals surface area contributed by atoms with Crippen LogP contribution in [0.3, 0.4) is 0 Å². The summed E-state index contributed by atoms with van der Waals surface area (Å²) in [6.07, 6.45) is 1.92. The van der Waals surface area contributed by atoms with Crippen LogP contribution in [0.25, 0.3) is 0 Å². The fourth-order valence-corrected chi connectivity index (χ4v) is 1.75. The zero-order valence-electron chi connectivity index (χ0n) is 5.73. The first-order valence-corrected chi connectivity index (χ1v) is 4.71. The molecule has 6 heteroatoms. The van der Waals surface area contributed by atoms with Crippen molar-refractivity contribution >= 4 is 52.7 Å². The number of rotatable bonds is 1. The van der Waals surface area contributed by atoms with Crippen LogP contribution in [-0.2, 0) is 4.79 Å². The Kier molecular flexibility index (Phi) is 3.29. The molecule has 1 N–H and O–H groups in total. The van der Waals surface area contributed by atoms with E-state index >= 15 is 0 Å². The fraction of sp³-hybridized carbons (Fsp3) is 0.500. The molecule has 0 bridgehead atoms. The van der Waals surface area contributed by atoms with Crippen molar-refractivity contribution in [3.63, 3.8) is 0 Å². The smallest absolute Gasteiger partial charge is 0.186 e. The molecule has 0 radical (unpaired) electrons. The lowest BCUT2D eigenvalue weighted by Gasteiger charge is -2.31. The minimum absolute atomic E-state index is 0.149. The molecular formula is C6H5Cl4NO. The third-order valence-corrected chi connectivity index (χ3v) is 3.25. The van der Waals surface area contributed by atoms with Crippen molar-refractivity contribution in [2.75, 3.05) is 0 Å². The first-order chi connectivity index (χ1) is 5.49. The van der Waals surface area contributed by atoms with Gasteiger partial charge in [-0.2, -0.15) is 0 Å². The van der Waals surface area contributed by atoms with Crippen LogP contribution < -0.4 is 5.32 Å². The van der Waals surface area contributed by atoms with Gasteiger partial charge in [-0.05, 0) is 6.08 Å². The van der Waals surface area contributed by atoms with Gasteiger partial charge < -0.3 is 0 Å². The minimum atomic E-state index is -1.42. The van der Waals surface area contributed by atoms with E-state index in [0.717, 1.165) is 0 Å². The molecule has 0 saturated heterocycles. The molecule has 0 spiro atoms. The molecule has 12 heavy (non-hydrogen) atoms. The fourth-order valence-electron chi connectivity index (χ4n) is 0.785. The summed E-state index contributed by atoms with van der Waals surface area (Å²) in [5, 5.41) is 2.25. The van der Waals surface area contributed by atoms with Crippen molar-refractivity contribution in [3.8, 4) is 0 Å². The van der Waals surface area contributed by atoms with E-state index in [1.807, 2.05) is 0 Å². The quantitative estimate of drug-likeness (QED) is 0.437. The van der Waals surface area contributed by atoms with Gasteiger partial charge >= 0.3 is 0 Å². The van der Waals surface area contributed by atoms with Gasteiger partial charge in [0.25, 0.3) is 0 Å². The van der Waals surface area contributed by atoms with E-state index < -0.39 is 15.9 Å². The summed E-state index contributed by atoms with van der Waals surface area (Å²) in [6.45, 7) is 0. The van der Waals surface area contributed by atoms with Gasteiger partial charge in [-0.3, -0.25) is 10.1 Å². The molecule has 1 aliphatic rings. The largest absolute Gasteiger partial charge is 0.299 e. The Bertz CT molecular complexity index is 232. The van der Waals surface area contributed by atoms with E-state index in [4.69, 9.17) is 46.4 Å². The SMILES string of the molecule is O=CC1(Cl)NC(Cl)C(Cl)C=C1Cl. The lowest BCUT2D eigenvalue weighted by Crippen LogP contribution is -2.52. The van der Waals surface area contributed by atoms with Gasteiger partial charge in [0.2, 0.25) is 0 Å². The zero-order chi connectivity index (χ0) is 9.35. The maximum absolute atomic E-state index is 10.5. The molecule has 0 saturated carbocycles. The molecule has 0 aromatic carbocycles. The topological polar surface area (TPSA) is 29.1 Å². The van der Waals surface area contributed by atoms with Crippen LogP contribution in [0.2, 0.25) is 0 Å². The van der Waals surface area contributed by atoms with E-state index in [-0.39, 0.29) is 5.03 Å². The third-order valence-electron chi connectivity index (χ3n) is 1.44. The van der Waals surface area contributed by atoms with Gasteiger partial charge in [0.15, 0.2) is 11.3 Å². The van der Waals surface area contributed by atoms with Crippen molar-refractivity contribution in [1.82, 2.24) is 5.32 Å². The number of aldehydes is 1. The van der Waals surface area contributed by atoms with Crippen molar-refractivity contribution in [3.05, 3.63) is 11.1 Å². The Morgan fingerprint density at radius 3 is 2.67 bits per heavy atom. The maximum atomic E-state index is 10.5. The van der Waals surface area contributed by atoms with Crippen molar-refractivity contribution in [2.45, 2.75) is 15.9 Å². The van der Waals surface area contributed by atoms with Crippen molar-refractivity contribution in [2.24, 2.45) is 0 Å². The highest BCUT2D eigenvalue weighted by atomic mass is 35.5. The first-order valence-electron chi connectivity index (χ1n) is 3.08. The third kappa shape index (κ3) is 1.88. The lowest BCUT2D eigenvalue weighted by atomic mass is 10.2. The Labute approximate surface area is 89.8 Å². The molecule has 0 aromatic rings. The van der Waals surface area contributed by atoms with Crippen LogP contribution in [-0.4, -0.2) is 22.2 Å². The number of carbonyl (C=O) groups excluding carboxylic acids is 1. The summed E-state index contributed by atoms with van der Waals surface area (Å²) in [7, 11) is 0. The van der Waals surface area contributed by atoms with Gasteiger partial charge in [-0.25, -0.2) is 0 Å². The lowest BCUT2D eigenvalue weighted by molar-refractivity contribution is -0.109. The van der Waals surface area contributed by atoms with Gasteiger partial charge in [-0.1, -0.05) is 23.2 Å². The van der Waals surface area contributed by atoms with E-state index in [1.165, 1.54) is 6.08 Å². The van der Waals surface area contributed by atoms with E-state index in [0.29, 0.717) is 6.29 Å². The maximum Gasteiger partial charge on any atom is 0.186 e. The normalized spacial score (nSPS) is 42.2. The zero-order valence-corrected chi connectivity index (χ0v) is 8.75. The highest BCUT2D eigenvalue weighted by Gasteiger charge is 2.38. The average Bonchev–Trinajstić information content (AvgIpc) is 2.01. The summed E-state index contributed by atoms with van der Waals surface area (Å²) in [6, 6.07) is 0. The molecule has 0 aromatic heterocycles. The molecule has 2 nitrogen and oxygen atoms in total. The summed E-state index contributed by atoms with van der Waals surface area (Å²) in [4.78, 5) is 9.11. The molecule has 68 valence electrons. The van der Waals surface area contributed by atoms with Crippen molar-refractivity contribution in [1.29, 1.82) is 0 Å². The summed E-state index contributed by atoms with van der Waals surface area (Å²) < 4.78 is 0. The Hall–Kier alpha value is 0.530. The van der Waals surface area contributed by atoms with E-state index in [9.17, 15) is 4.79 Å². The van der Waals surface area contributed by atoms with E-state index in [2.05, 4.69) is 5.32 Å². The van der Waals surface area contributed by atoms with E-state index in [1.54, 1.807) is 0 Å². The van der Waals surface area contributed by atoms with Crippen LogP contribution in [0, 0.1) is 0 Å². The molecule has 1 heterocycles. The second-order valence-corrected chi connectivity index (χ2v) is 4.31. The van der Waals surface area contributed by atoms with Gasteiger partial charge in [0.1, 0.15) is 5.50 Å².